The van der Waals surface area contributed by atoms with E-state index in [4.69, 9.17) is 4.52 Å². The Balaban J connectivity index is 1.68. The second kappa shape index (κ2) is 6.16. The Labute approximate surface area is 148 Å². The third kappa shape index (κ3) is 2.94. The molecule has 1 saturated carbocycles. The summed E-state index contributed by atoms with van der Waals surface area (Å²) in [4.78, 5) is 17.3. The molecular weight excluding hydrogens is 340 g/mol. The highest BCUT2D eigenvalue weighted by Gasteiger charge is 2.29. The summed E-state index contributed by atoms with van der Waals surface area (Å²) in [5, 5.41) is 7.23. The first-order valence-electron chi connectivity index (χ1n) is 8.46. The fourth-order valence-corrected chi connectivity index (χ4v) is 3.09. The highest BCUT2D eigenvalue weighted by atomic mass is 19.1. The minimum Gasteiger partial charge on any atom is -0.345 e. The number of carbonyl (C=O) groups excluding carboxylic acids is 1. The van der Waals surface area contributed by atoms with E-state index in [1.165, 1.54) is 12.1 Å². The number of rotatable bonds is 4. The molecule has 1 aliphatic carbocycles. The van der Waals surface area contributed by atoms with Crippen LogP contribution in [0.3, 0.4) is 0 Å². The number of aryl methyl sites for hydroxylation is 1. The Kier molecular flexibility index (Phi) is 3.94. The van der Waals surface area contributed by atoms with Gasteiger partial charge in [0.05, 0.1) is 22.7 Å². The van der Waals surface area contributed by atoms with Crippen LogP contribution in [-0.4, -0.2) is 16.0 Å². The lowest BCUT2D eigenvalue weighted by Crippen LogP contribution is -2.27. The molecule has 1 N–H and O–H groups in total. The maximum Gasteiger partial charge on any atom is 0.259 e. The maximum absolute atomic E-state index is 14.0. The van der Waals surface area contributed by atoms with E-state index in [2.05, 4.69) is 15.5 Å². The molecule has 134 valence electrons. The molecule has 0 spiro atoms. The van der Waals surface area contributed by atoms with Gasteiger partial charge in [-0.3, -0.25) is 4.79 Å². The highest BCUT2D eigenvalue weighted by Crippen LogP contribution is 2.40. The Bertz CT molecular complexity index is 1010. The molecule has 0 radical (unpaired) electrons. The van der Waals surface area contributed by atoms with E-state index in [1.807, 2.05) is 0 Å². The van der Waals surface area contributed by atoms with Crippen molar-refractivity contribution in [3.8, 4) is 0 Å². The summed E-state index contributed by atoms with van der Waals surface area (Å²) in [5.41, 5.74) is 2.33. The minimum absolute atomic E-state index is 0.217. The van der Waals surface area contributed by atoms with Gasteiger partial charge in [-0.2, -0.15) is 0 Å². The number of fused-ring (bicyclic) bond motifs is 1. The van der Waals surface area contributed by atoms with Gasteiger partial charge in [0.1, 0.15) is 11.6 Å². The second-order valence-corrected chi connectivity index (χ2v) is 6.68. The predicted molar refractivity (Wildman–Crippen MR) is 90.8 cm³/mol. The minimum atomic E-state index is -0.697. The number of amides is 1. The summed E-state index contributed by atoms with van der Waals surface area (Å²) >= 11 is 0. The molecule has 2 aromatic heterocycles. The van der Waals surface area contributed by atoms with Crippen LogP contribution in [-0.2, 0) is 0 Å². The molecule has 0 bridgehead atoms. The predicted octanol–water partition coefficient (Wildman–Crippen LogP) is 4.18. The van der Waals surface area contributed by atoms with Crippen molar-refractivity contribution >= 4 is 17.0 Å². The van der Waals surface area contributed by atoms with Gasteiger partial charge in [-0.25, -0.2) is 13.8 Å². The third-order valence-corrected chi connectivity index (χ3v) is 4.65. The molecule has 1 amide bonds. The summed E-state index contributed by atoms with van der Waals surface area (Å²) in [6.07, 6.45) is 2.06. The van der Waals surface area contributed by atoms with Gasteiger partial charge in [-0.05, 0) is 38.8 Å². The van der Waals surface area contributed by atoms with Crippen LogP contribution in [0.1, 0.15) is 59.0 Å². The van der Waals surface area contributed by atoms with Crippen LogP contribution in [0.15, 0.2) is 28.8 Å². The van der Waals surface area contributed by atoms with Crippen LogP contribution in [0.25, 0.3) is 11.1 Å². The summed E-state index contributed by atoms with van der Waals surface area (Å²) < 4.78 is 32.3. The summed E-state index contributed by atoms with van der Waals surface area (Å²) in [6, 6.07) is 4.43. The van der Waals surface area contributed by atoms with Crippen LogP contribution >= 0.6 is 0 Å². The van der Waals surface area contributed by atoms with Gasteiger partial charge in [0.2, 0.25) is 0 Å². The molecule has 7 heteroatoms. The Morgan fingerprint density at radius 3 is 2.77 bits per heavy atom. The van der Waals surface area contributed by atoms with Crippen LogP contribution in [0.4, 0.5) is 8.78 Å². The van der Waals surface area contributed by atoms with Gasteiger partial charge in [-0.15, -0.1) is 0 Å². The van der Waals surface area contributed by atoms with Crippen LogP contribution in [0.5, 0.6) is 0 Å². The lowest BCUT2D eigenvalue weighted by molar-refractivity contribution is 0.0940. The highest BCUT2D eigenvalue weighted by molar-refractivity contribution is 6.06. The van der Waals surface area contributed by atoms with Gasteiger partial charge < -0.3 is 9.84 Å². The van der Waals surface area contributed by atoms with Crippen molar-refractivity contribution < 1.29 is 18.1 Å². The fourth-order valence-electron chi connectivity index (χ4n) is 3.09. The molecule has 4 rings (SSSR count). The van der Waals surface area contributed by atoms with Gasteiger partial charge in [0, 0.05) is 23.2 Å². The summed E-state index contributed by atoms with van der Waals surface area (Å²) in [5.74, 6) is -1.39. The molecule has 0 saturated heterocycles. The van der Waals surface area contributed by atoms with E-state index in [1.54, 1.807) is 19.9 Å². The normalized spacial score (nSPS) is 15.2. The second-order valence-electron chi connectivity index (χ2n) is 6.68. The number of pyridine rings is 1. The zero-order valence-electron chi connectivity index (χ0n) is 14.3. The quantitative estimate of drug-likeness (QED) is 0.761. The lowest BCUT2D eigenvalue weighted by Gasteiger charge is -2.16. The standard InChI is InChI=1S/C19H17F2N3O2/c1-9(13-6-5-12(20)7-15(13)21)22-18(25)14-8-16(11-3-4-11)23-19-17(14)10(2)24-26-19/h5-9,11H,3-4H2,1-2H3,(H,22,25). The van der Waals surface area contributed by atoms with E-state index < -0.39 is 17.7 Å². The number of carbonyl (C=O) groups is 1. The molecule has 1 aliphatic rings. The molecule has 1 fully saturated rings. The van der Waals surface area contributed by atoms with Crippen molar-refractivity contribution in [2.45, 2.75) is 38.6 Å². The average Bonchev–Trinajstić information content (AvgIpc) is 3.38. The van der Waals surface area contributed by atoms with E-state index >= 15 is 0 Å². The monoisotopic (exact) mass is 357 g/mol. The number of nitrogens with one attached hydrogen (secondary N) is 1. The fraction of sp³-hybridized carbons (Fsp3) is 0.316. The zero-order chi connectivity index (χ0) is 18.4. The number of hydrogen-bond acceptors (Lipinski definition) is 4. The molecule has 3 aromatic rings. The molecule has 1 unspecified atom stereocenters. The Hall–Kier alpha value is -2.83. The van der Waals surface area contributed by atoms with E-state index in [0.29, 0.717) is 28.3 Å². The Morgan fingerprint density at radius 2 is 2.08 bits per heavy atom. The van der Waals surface area contributed by atoms with Crippen LogP contribution < -0.4 is 5.32 Å². The first-order chi connectivity index (χ1) is 12.4. The number of nitrogens with zero attached hydrogens (tertiary/aromatic N) is 2. The van der Waals surface area contributed by atoms with Crippen molar-refractivity contribution in [2.75, 3.05) is 0 Å². The van der Waals surface area contributed by atoms with Crippen LogP contribution in [0, 0.1) is 18.6 Å². The van der Waals surface area contributed by atoms with Crippen molar-refractivity contribution in [3.63, 3.8) is 0 Å². The molecule has 5 nitrogen and oxygen atoms in total. The topological polar surface area (TPSA) is 68.0 Å². The number of aromatic nitrogens is 2. The SMILES string of the molecule is Cc1noc2nc(C3CC3)cc(C(=O)NC(C)c3ccc(F)cc3F)c12. The maximum atomic E-state index is 14.0. The lowest BCUT2D eigenvalue weighted by atomic mass is 10.0. The van der Waals surface area contributed by atoms with Gasteiger partial charge in [0.25, 0.3) is 11.6 Å². The van der Waals surface area contributed by atoms with Gasteiger partial charge in [-0.1, -0.05) is 11.2 Å². The smallest absolute Gasteiger partial charge is 0.259 e. The van der Waals surface area contributed by atoms with E-state index in [9.17, 15) is 13.6 Å². The summed E-state index contributed by atoms with van der Waals surface area (Å²) in [6.45, 7) is 3.39. The van der Waals surface area contributed by atoms with E-state index in [-0.39, 0.29) is 11.5 Å². The van der Waals surface area contributed by atoms with Gasteiger partial charge >= 0.3 is 0 Å². The van der Waals surface area contributed by atoms with Crippen molar-refractivity contribution in [2.24, 2.45) is 0 Å². The Morgan fingerprint density at radius 1 is 1.31 bits per heavy atom. The molecule has 1 aromatic carbocycles. The van der Waals surface area contributed by atoms with Crippen molar-refractivity contribution in [1.82, 2.24) is 15.5 Å². The zero-order valence-corrected chi connectivity index (χ0v) is 14.3. The average molecular weight is 357 g/mol. The summed E-state index contributed by atoms with van der Waals surface area (Å²) in [7, 11) is 0. The first-order valence-corrected chi connectivity index (χ1v) is 8.46. The largest absolute Gasteiger partial charge is 0.345 e. The van der Waals surface area contributed by atoms with Crippen molar-refractivity contribution in [1.29, 1.82) is 0 Å². The number of hydrogen-bond donors (Lipinski definition) is 1. The number of benzene rings is 1. The van der Waals surface area contributed by atoms with E-state index in [0.717, 1.165) is 24.6 Å². The molecule has 26 heavy (non-hydrogen) atoms. The molecule has 1 atom stereocenters. The van der Waals surface area contributed by atoms with Crippen LogP contribution in [0.2, 0.25) is 0 Å². The molecular formula is C19H17F2N3O2. The number of halogens is 2. The molecule has 0 aliphatic heterocycles. The van der Waals surface area contributed by atoms with Crippen molar-refractivity contribution in [3.05, 3.63) is 58.4 Å². The first kappa shape index (κ1) is 16.6. The molecule has 2 heterocycles. The van der Waals surface area contributed by atoms with Gasteiger partial charge in [0.15, 0.2) is 0 Å². The third-order valence-electron chi connectivity index (χ3n) is 4.65.